The first-order valence-electron chi connectivity index (χ1n) is 5.22. The third-order valence-electron chi connectivity index (χ3n) is 2.94. The normalized spacial score (nSPS) is 21.1. The van der Waals surface area contributed by atoms with Gasteiger partial charge in [0.1, 0.15) is 0 Å². The summed E-state index contributed by atoms with van der Waals surface area (Å²) in [5.41, 5.74) is 4.30. The van der Waals surface area contributed by atoms with Crippen molar-refractivity contribution in [3.8, 4) is 0 Å². The van der Waals surface area contributed by atoms with Crippen molar-refractivity contribution in [2.24, 2.45) is 0 Å². The van der Waals surface area contributed by atoms with Gasteiger partial charge in [-0.05, 0) is 32.3 Å². The van der Waals surface area contributed by atoms with Crippen molar-refractivity contribution in [1.29, 1.82) is 0 Å². The van der Waals surface area contributed by atoms with Gasteiger partial charge in [0.05, 0.1) is 0 Å². The molecular formula is C13H17N. The summed E-state index contributed by atoms with van der Waals surface area (Å²) in [5.74, 6) is 0. The molecule has 0 bridgehead atoms. The zero-order chi connectivity index (χ0) is 9.97. The van der Waals surface area contributed by atoms with Gasteiger partial charge in [0, 0.05) is 11.7 Å². The Morgan fingerprint density at radius 2 is 1.93 bits per heavy atom. The SMILES string of the molecule is CC1=C(C)NC(Cc2ccccc2)C1. The second-order valence-corrected chi connectivity index (χ2v) is 4.14. The summed E-state index contributed by atoms with van der Waals surface area (Å²) in [6, 6.07) is 11.3. The highest BCUT2D eigenvalue weighted by Crippen LogP contribution is 2.20. The molecule has 1 heteroatoms. The van der Waals surface area contributed by atoms with Crippen LogP contribution >= 0.6 is 0 Å². The molecule has 1 aliphatic heterocycles. The fourth-order valence-electron chi connectivity index (χ4n) is 2.02. The molecule has 1 atom stereocenters. The summed E-state index contributed by atoms with van der Waals surface area (Å²) in [4.78, 5) is 0. The standard InChI is InChI=1S/C13H17N/c1-10-8-13(14-11(10)2)9-12-6-4-3-5-7-12/h3-7,13-14H,8-9H2,1-2H3. The van der Waals surface area contributed by atoms with E-state index < -0.39 is 0 Å². The Balaban J connectivity index is 1.96. The minimum atomic E-state index is 0.609. The molecule has 0 aromatic heterocycles. The number of allylic oxidation sites excluding steroid dienone is 1. The van der Waals surface area contributed by atoms with E-state index >= 15 is 0 Å². The molecular weight excluding hydrogens is 170 g/mol. The number of rotatable bonds is 2. The van der Waals surface area contributed by atoms with Gasteiger partial charge in [0.2, 0.25) is 0 Å². The van der Waals surface area contributed by atoms with E-state index in [-0.39, 0.29) is 0 Å². The van der Waals surface area contributed by atoms with Crippen molar-refractivity contribution in [2.45, 2.75) is 32.7 Å². The Kier molecular flexibility index (Phi) is 2.58. The van der Waals surface area contributed by atoms with Gasteiger partial charge in [-0.2, -0.15) is 0 Å². The highest BCUT2D eigenvalue weighted by atomic mass is 14.9. The van der Waals surface area contributed by atoms with Crippen LogP contribution in [-0.4, -0.2) is 6.04 Å². The Morgan fingerprint density at radius 3 is 2.50 bits per heavy atom. The van der Waals surface area contributed by atoms with Crippen LogP contribution in [0.4, 0.5) is 0 Å². The van der Waals surface area contributed by atoms with Crippen LogP contribution < -0.4 is 5.32 Å². The highest BCUT2D eigenvalue weighted by molar-refractivity contribution is 5.22. The molecule has 1 aromatic rings. The fourth-order valence-corrected chi connectivity index (χ4v) is 2.02. The molecule has 0 aliphatic carbocycles. The second kappa shape index (κ2) is 3.87. The number of hydrogen-bond donors (Lipinski definition) is 1. The van der Waals surface area contributed by atoms with Crippen LogP contribution in [0, 0.1) is 0 Å². The quantitative estimate of drug-likeness (QED) is 0.750. The average molecular weight is 187 g/mol. The van der Waals surface area contributed by atoms with Crippen molar-refractivity contribution >= 4 is 0 Å². The van der Waals surface area contributed by atoms with Crippen LogP contribution in [0.2, 0.25) is 0 Å². The fraction of sp³-hybridized carbons (Fsp3) is 0.385. The molecule has 0 amide bonds. The molecule has 0 saturated carbocycles. The first-order valence-corrected chi connectivity index (χ1v) is 5.22. The lowest BCUT2D eigenvalue weighted by atomic mass is 10.0. The summed E-state index contributed by atoms with van der Waals surface area (Å²) in [6.45, 7) is 4.38. The molecule has 1 aliphatic rings. The molecule has 1 aromatic carbocycles. The van der Waals surface area contributed by atoms with Crippen molar-refractivity contribution in [1.82, 2.24) is 5.32 Å². The van der Waals surface area contributed by atoms with Crippen molar-refractivity contribution < 1.29 is 0 Å². The zero-order valence-electron chi connectivity index (χ0n) is 8.88. The van der Waals surface area contributed by atoms with Gasteiger partial charge in [-0.3, -0.25) is 0 Å². The monoisotopic (exact) mass is 187 g/mol. The predicted octanol–water partition coefficient (Wildman–Crippen LogP) is 2.88. The summed E-state index contributed by atoms with van der Waals surface area (Å²) >= 11 is 0. The van der Waals surface area contributed by atoms with Crippen LogP contribution in [0.15, 0.2) is 41.6 Å². The van der Waals surface area contributed by atoms with E-state index in [0.29, 0.717) is 6.04 Å². The topological polar surface area (TPSA) is 12.0 Å². The molecule has 1 nitrogen and oxygen atoms in total. The molecule has 0 saturated heterocycles. The van der Waals surface area contributed by atoms with Crippen molar-refractivity contribution in [2.75, 3.05) is 0 Å². The lowest BCUT2D eigenvalue weighted by Gasteiger charge is -2.12. The Hall–Kier alpha value is -1.24. The van der Waals surface area contributed by atoms with Gasteiger partial charge < -0.3 is 5.32 Å². The molecule has 1 N–H and O–H groups in total. The maximum Gasteiger partial charge on any atom is 0.0336 e. The van der Waals surface area contributed by atoms with Gasteiger partial charge in [0.25, 0.3) is 0 Å². The van der Waals surface area contributed by atoms with Gasteiger partial charge in [-0.25, -0.2) is 0 Å². The van der Waals surface area contributed by atoms with Gasteiger partial charge >= 0.3 is 0 Å². The molecule has 1 heterocycles. The first-order chi connectivity index (χ1) is 6.75. The summed E-state index contributed by atoms with van der Waals surface area (Å²) < 4.78 is 0. The predicted molar refractivity (Wildman–Crippen MR) is 60.1 cm³/mol. The molecule has 0 fully saturated rings. The van der Waals surface area contributed by atoms with Gasteiger partial charge in [-0.1, -0.05) is 35.9 Å². The molecule has 1 unspecified atom stereocenters. The lowest BCUT2D eigenvalue weighted by molar-refractivity contribution is 0.605. The van der Waals surface area contributed by atoms with Gasteiger partial charge in [0.15, 0.2) is 0 Å². The van der Waals surface area contributed by atoms with E-state index in [2.05, 4.69) is 49.5 Å². The van der Waals surface area contributed by atoms with E-state index in [4.69, 9.17) is 0 Å². The third-order valence-corrected chi connectivity index (χ3v) is 2.94. The maximum atomic E-state index is 3.53. The molecule has 14 heavy (non-hydrogen) atoms. The Morgan fingerprint density at radius 1 is 1.21 bits per heavy atom. The van der Waals surface area contributed by atoms with E-state index in [1.54, 1.807) is 0 Å². The largest absolute Gasteiger partial charge is 0.385 e. The van der Waals surface area contributed by atoms with E-state index in [1.165, 1.54) is 23.3 Å². The Labute approximate surface area is 85.8 Å². The van der Waals surface area contributed by atoms with Crippen LogP contribution in [0.3, 0.4) is 0 Å². The highest BCUT2D eigenvalue weighted by Gasteiger charge is 2.17. The maximum absolute atomic E-state index is 3.53. The third kappa shape index (κ3) is 1.98. The molecule has 0 spiro atoms. The van der Waals surface area contributed by atoms with Crippen molar-refractivity contribution in [3.63, 3.8) is 0 Å². The smallest absolute Gasteiger partial charge is 0.0336 e. The number of hydrogen-bond acceptors (Lipinski definition) is 1. The van der Waals surface area contributed by atoms with E-state index in [1.807, 2.05) is 0 Å². The molecule has 74 valence electrons. The van der Waals surface area contributed by atoms with Crippen molar-refractivity contribution in [3.05, 3.63) is 47.2 Å². The Bertz CT molecular complexity index is 324. The lowest BCUT2D eigenvalue weighted by Crippen LogP contribution is -2.23. The van der Waals surface area contributed by atoms with Gasteiger partial charge in [-0.15, -0.1) is 0 Å². The van der Waals surface area contributed by atoms with Crippen LogP contribution in [-0.2, 0) is 6.42 Å². The second-order valence-electron chi connectivity index (χ2n) is 4.14. The average Bonchev–Trinajstić information content (AvgIpc) is 2.47. The molecule has 2 rings (SSSR count). The summed E-state index contributed by atoms with van der Waals surface area (Å²) in [7, 11) is 0. The van der Waals surface area contributed by atoms with Crippen LogP contribution in [0.25, 0.3) is 0 Å². The minimum Gasteiger partial charge on any atom is -0.385 e. The number of benzene rings is 1. The summed E-state index contributed by atoms with van der Waals surface area (Å²) in [5, 5.41) is 3.53. The van der Waals surface area contributed by atoms with Crippen LogP contribution in [0.1, 0.15) is 25.8 Å². The zero-order valence-corrected chi connectivity index (χ0v) is 8.88. The minimum absolute atomic E-state index is 0.609. The number of nitrogens with one attached hydrogen (secondary N) is 1. The van der Waals surface area contributed by atoms with E-state index in [9.17, 15) is 0 Å². The van der Waals surface area contributed by atoms with E-state index in [0.717, 1.165) is 6.42 Å². The summed E-state index contributed by atoms with van der Waals surface area (Å²) in [6.07, 6.45) is 2.33. The van der Waals surface area contributed by atoms with Crippen LogP contribution in [0.5, 0.6) is 0 Å². The first kappa shape index (κ1) is 9.32. The molecule has 0 radical (unpaired) electrons.